The third-order valence-electron chi connectivity index (χ3n) is 3.02. The lowest BCUT2D eigenvalue weighted by molar-refractivity contribution is -0.116. The van der Waals surface area contributed by atoms with E-state index in [1.807, 2.05) is 36.6 Å². The molecule has 0 unspecified atom stereocenters. The fourth-order valence-corrected chi connectivity index (χ4v) is 3.52. The maximum absolute atomic E-state index is 11.8. The number of thiazole rings is 1. The highest BCUT2D eigenvalue weighted by atomic mass is 32.2. The summed E-state index contributed by atoms with van der Waals surface area (Å²) < 4.78 is 0. The Kier molecular flexibility index (Phi) is 4.74. The van der Waals surface area contributed by atoms with E-state index in [1.54, 1.807) is 11.8 Å². The minimum Gasteiger partial charge on any atom is -0.333 e. The number of H-pyrrole nitrogens is 1. The summed E-state index contributed by atoms with van der Waals surface area (Å²) in [4.78, 5) is 23.8. The molecule has 114 valence electrons. The summed E-state index contributed by atoms with van der Waals surface area (Å²) in [6.45, 7) is 1.91. The molecule has 0 spiro atoms. The molecule has 0 aliphatic carbocycles. The average molecular weight is 332 g/mol. The van der Waals surface area contributed by atoms with Gasteiger partial charge in [-0.2, -0.15) is 0 Å². The Hall–Kier alpha value is -1.86. The molecule has 5 nitrogen and oxygen atoms in total. The van der Waals surface area contributed by atoms with Gasteiger partial charge in [-0.3, -0.25) is 4.79 Å². The number of anilines is 1. The molecule has 1 aromatic carbocycles. The third-order valence-corrected chi connectivity index (χ3v) is 4.86. The van der Waals surface area contributed by atoms with Crippen LogP contribution in [0.25, 0.3) is 11.0 Å². The first-order chi connectivity index (χ1) is 10.7. The predicted octanol–water partition coefficient (Wildman–Crippen LogP) is 3.84. The molecular formula is C15H16N4OS2. The quantitative estimate of drug-likeness (QED) is 0.531. The van der Waals surface area contributed by atoms with Gasteiger partial charge in [0, 0.05) is 17.6 Å². The van der Waals surface area contributed by atoms with Gasteiger partial charge in [0.1, 0.15) is 0 Å². The van der Waals surface area contributed by atoms with Crippen molar-refractivity contribution in [1.82, 2.24) is 15.0 Å². The molecule has 2 aromatic heterocycles. The van der Waals surface area contributed by atoms with Gasteiger partial charge < -0.3 is 10.3 Å². The van der Waals surface area contributed by atoms with Crippen molar-refractivity contribution in [3.8, 4) is 0 Å². The summed E-state index contributed by atoms with van der Waals surface area (Å²) in [6.07, 6.45) is 1.30. The van der Waals surface area contributed by atoms with Crippen molar-refractivity contribution >= 4 is 45.2 Å². The zero-order valence-corrected chi connectivity index (χ0v) is 13.8. The number of nitrogens with zero attached hydrogens (tertiary/aromatic N) is 2. The number of imidazole rings is 1. The Morgan fingerprint density at radius 1 is 1.36 bits per heavy atom. The second-order valence-electron chi connectivity index (χ2n) is 4.85. The molecule has 0 saturated carbocycles. The summed E-state index contributed by atoms with van der Waals surface area (Å²) in [7, 11) is 0. The molecule has 22 heavy (non-hydrogen) atoms. The van der Waals surface area contributed by atoms with Crippen LogP contribution >= 0.6 is 23.1 Å². The smallest absolute Gasteiger partial charge is 0.226 e. The molecule has 0 radical (unpaired) electrons. The summed E-state index contributed by atoms with van der Waals surface area (Å²) in [6, 6.07) is 7.96. The first kappa shape index (κ1) is 15.1. The predicted molar refractivity (Wildman–Crippen MR) is 91.5 cm³/mol. The molecule has 0 atom stereocenters. The van der Waals surface area contributed by atoms with Crippen LogP contribution in [0.15, 0.2) is 34.8 Å². The lowest BCUT2D eigenvalue weighted by atomic mass is 10.3. The van der Waals surface area contributed by atoms with E-state index in [2.05, 4.69) is 20.3 Å². The first-order valence-corrected chi connectivity index (χ1v) is 8.87. The molecule has 0 fully saturated rings. The van der Waals surface area contributed by atoms with E-state index >= 15 is 0 Å². The number of fused-ring (bicyclic) bond motifs is 1. The fraction of sp³-hybridized carbons (Fsp3) is 0.267. The highest BCUT2D eigenvalue weighted by molar-refractivity contribution is 7.99. The van der Waals surface area contributed by atoms with Crippen molar-refractivity contribution < 1.29 is 4.79 Å². The second kappa shape index (κ2) is 6.93. The normalized spacial score (nSPS) is 11.0. The van der Waals surface area contributed by atoms with Crippen LogP contribution in [0.2, 0.25) is 0 Å². The van der Waals surface area contributed by atoms with Crippen molar-refractivity contribution in [2.45, 2.75) is 24.9 Å². The number of carbonyl (C=O) groups excluding carboxylic acids is 1. The molecule has 3 rings (SSSR count). The van der Waals surface area contributed by atoms with Crippen LogP contribution in [0.3, 0.4) is 0 Å². The van der Waals surface area contributed by atoms with Gasteiger partial charge >= 0.3 is 0 Å². The molecule has 0 aliphatic heterocycles. The summed E-state index contributed by atoms with van der Waals surface area (Å²) in [5, 5.41) is 6.32. The maximum atomic E-state index is 11.8. The molecule has 2 N–H and O–H groups in total. The van der Waals surface area contributed by atoms with Gasteiger partial charge in [0.2, 0.25) is 5.91 Å². The van der Waals surface area contributed by atoms with Crippen LogP contribution in [0.1, 0.15) is 18.5 Å². The lowest BCUT2D eigenvalue weighted by Crippen LogP contribution is -2.11. The number of aromatic amines is 1. The van der Waals surface area contributed by atoms with Crippen molar-refractivity contribution in [2.24, 2.45) is 0 Å². The van der Waals surface area contributed by atoms with E-state index in [0.717, 1.165) is 34.1 Å². The van der Waals surface area contributed by atoms with Gasteiger partial charge in [-0.15, -0.1) is 11.3 Å². The molecular weight excluding hydrogens is 316 g/mol. The largest absolute Gasteiger partial charge is 0.333 e. The van der Waals surface area contributed by atoms with E-state index in [1.165, 1.54) is 11.3 Å². The zero-order chi connectivity index (χ0) is 15.4. The Morgan fingerprint density at radius 2 is 2.23 bits per heavy atom. The number of carbonyl (C=O) groups is 1. The Bertz CT molecular complexity index is 748. The monoisotopic (exact) mass is 332 g/mol. The molecule has 0 saturated heterocycles. The Balaban J connectivity index is 1.42. The van der Waals surface area contributed by atoms with E-state index in [4.69, 9.17) is 0 Å². The summed E-state index contributed by atoms with van der Waals surface area (Å²) >= 11 is 3.09. The zero-order valence-electron chi connectivity index (χ0n) is 12.1. The first-order valence-electron chi connectivity index (χ1n) is 7.00. The topological polar surface area (TPSA) is 70.7 Å². The van der Waals surface area contributed by atoms with E-state index in [0.29, 0.717) is 11.6 Å². The standard InChI is InChI=1S/C15H16N4OS2/c1-10-9-22-14(16-10)19-13(20)7-4-8-21-15-17-11-5-2-3-6-12(11)18-15/h2-3,5-6,9H,4,7-8H2,1H3,(H,17,18)(H,16,19,20). The van der Waals surface area contributed by atoms with Crippen molar-refractivity contribution in [3.63, 3.8) is 0 Å². The summed E-state index contributed by atoms with van der Waals surface area (Å²) in [5.41, 5.74) is 2.95. The van der Waals surface area contributed by atoms with E-state index < -0.39 is 0 Å². The molecule has 3 aromatic rings. The molecule has 7 heteroatoms. The summed E-state index contributed by atoms with van der Waals surface area (Å²) in [5.74, 6) is 0.865. The average Bonchev–Trinajstić information content (AvgIpc) is 3.09. The minimum atomic E-state index is 0.0135. The SMILES string of the molecule is Cc1csc(NC(=O)CCCSc2nc3ccccc3[nH]2)n1. The number of aromatic nitrogens is 3. The van der Waals surface area contributed by atoms with Crippen LogP contribution in [0.4, 0.5) is 5.13 Å². The van der Waals surface area contributed by atoms with Gasteiger partial charge in [0.25, 0.3) is 0 Å². The Morgan fingerprint density at radius 3 is 3.00 bits per heavy atom. The number of thioether (sulfide) groups is 1. The van der Waals surface area contributed by atoms with Gasteiger partial charge in [-0.25, -0.2) is 9.97 Å². The number of benzene rings is 1. The highest BCUT2D eigenvalue weighted by Gasteiger charge is 2.06. The van der Waals surface area contributed by atoms with E-state index in [9.17, 15) is 4.79 Å². The lowest BCUT2D eigenvalue weighted by Gasteiger charge is -2.01. The van der Waals surface area contributed by atoms with Crippen LogP contribution in [-0.4, -0.2) is 26.6 Å². The van der Waals surface area contributed by atoms with Gasteiger partial charge in [-0.05, 0) is 25.5 Å². The van der Waals surface area contributed by atoms with Gasteiger partial charge in [0.15, 0.2) is 10.3 Å². The molecule has 0 bridgehead atoms. The van der Waals surface area contributed by atoms with Gasteiger partial charge in [0.05, 0.1) is 16.7 Å². The number of hydrogen-bond donors (Lipinski definition) is 2. The second-order valence-corrected chi connectivity index (χ2v) is 6.80. The number of para-hydroxylation sites is 2. The number of rotatable bonds is 6. The molecule has 0 aliphatic rings. The highest BCUT2D eigenvalue weighted by Crippen LogP contribution is 2.20. The number of nitrogens with one attached hydrogen (secondary N) is 2. The van der Waals surface area contributed by atoms with Crippen molar-refractivity contribution in [3.05, 3.63) is 35.3 Å². The minimum absolute atomic E-state index is 0.0135. The van der Waals surface area contributed by atoms with Crippen LogP contribution in [0.5, 0.6) is 0 Å². The number of aryl methyl sites for hydroxylation is 1. The molecule has 1 amide bonds. The van der Waals surface area contributed by atoms with Crippen LogP contribution in [0, 0.1) is 6.92 Å². The van der Waals surface area contributed by atoms with Crippen LogP contribution < -0.4 is 5.32 Å². The number of hydrogen-bond acceptors (Lipinski definition) is 5. The third kappa shape index (κ3) is 3.86. The molecule has 2 heterocycles. The van der Waals surface area contributed by atoms with Gasteiger partial charge in [-0.1, -0.05) is 23.9 Å². The van der Waals surface area contributed by atoms with Crippen LogP contribution in [-0.2, 0) is 4.79 Å². The van der Waals surface area contributed by atoms with Crippen molar-refractivity contribution in [1.29, 1.82) is 0 Å². The number of amides is 1. The van der Waals surface area contributed by atoms with E-state index in [-0.39, 0.29) is 5.91 Å². The maximum Gasteiger partial charge on any atom is 0.226 e. The van der Waals surface area contributed by atoms with Crippen molar-refractivity contribution in [2.75, 3.05) is 11.1 Å². The Labute approximate surface area is 136 Å². The fourth-order valence-electron chi connectivity index (χ4n) is 1.99.